The highest BCUT2D eigenvalue weighted by molar-refractivity contribution is 5.23. The second kappa shape index (κ2) is 11.4. The molecule has 0 spiro atoms. The van der Waals surface area contributed by atoms with Crippen molar-refractivity contribution >= 4 is 0 Å². The van der Waals surface area contributed by atoms with Gasteiger partial charge >= 0.3 is 37.1 Å². The lowest BCUT2D eigenvalue weighted by Gasteiger charge is -2.49. The minimum Gasteiger partial charge on any atom is -0.465 e. The van der Waals surface area contributed by atoms with Crippen molar-refractivity contribution in [2.45, 2.75) is 88.4 Å². The summed E-state index contributed by atoms with van der Waals surface area (Å²) in [7, 11) is 0. The Hall–Kier alpha value is -1.98. The van der Waals surface area contributed by atoms with Crippen molar-refractivity contribution < 1.29 is 83.8 Å². The highest BCUT2D eigenvalue weighted by atomic mass is 19.4. The fourth-order valence-electron chi connectivity index (χ4n) is 6.35. The lowest BCUT2D eigenvalue weighted by Crippen LogP contribution is -2.59. The molecule has 0 bridgehead atoms. The zero-order chi connectivity index (χ0) is 33.8. The molecule has 0 unspecified atom stereocenters. The van der Waals surface area contributed by atoms with Gasteiger partial charge in [0.15, 0.2) is 0 Å². The molecule has 0 aromatic heterocycles. The van der Waals surface area contributed by atoms with Gasteiger partial charge < -0.3 is 4.74 Å². The van der Waals surface area contributed by atoms with Crippen molar-refractivity contribution in [3.8, 4) is 0 Å². The number of alkyl halides is 18. The van der Waals surface area contributed by atoms with E-state index in [1.54, 1.807) is 0 Å². The molecule has 0 saturated heterocycles. The maximum Gasteiger partial charge on any atom is 0.410 e. The molecular formula is C24H24F18O. The second-order valence-electron chi connectivity index (χ2n) is 10.7. The molecule has 0 aliphatic heterocycles. The molecule has 2 aliphatic rings. The van der Waals surface area contributed by atoms with Crippen LogP contribution in [0.2, 0.25) is 0 Å². The van der Waals surface area contributed by atoms with E-state index in [0.29, 0.717) is 0 Å². The maximum absolute atomic E-state index is 14.3. The van der Waals surface area contributed by atoms with E-state index in [-0.39, 0.29) is 0 Å². The van der Waals surface area contributed by atoms with Crippen LogP contribution in [-0.2, 0) is 4.74 Å². The Morgan fingerprint density at radius 2 is 0.558 bits per heavy atom. The van der Waals surface area contributed by atoms with Gasteiger partial charge in [0.25, 0.3) is 0 Å². The van der Waals surface area contributed by atoms with Crippen LogP contribution in [0.1, 0.15) is 51.4 Å². The lowest BCUT2D eigenvalue weighted by atomic mass is 9.63. The third-order valence-corrected chi connectivity index (χ3v) is 8.52. The van der Waals surface area contributed by atoms with E-state index in [2.05, 4.69) is 17.9 Å². The summed E-state index contributed by atoms with van der Waals surface area (Å²) in [5, 5.41) is 0. The quantitative estimate of drug-likeness (QED) is 0.202. The summed E-state index contributed by atoms with van der Waals surface area (Å²) >= 11 is 0. The van der Waals surface area contributed by atoms with Crippen LogP contribution in [0.15, 0.2) is 24.7 Å². The molecule has 0 radical (unpaired) electrons. The molecule has 2 aliphatic carbocycles. The van der Waals surface area contributed by atoms with Gasteiger partial charge in [-0.1, -0.05) is 13.2 Å². The van der Waals surface area contributed by atoms with E-state index in [1.807, 2.05) is 0 Å². The molecule has 0 aromatic carbocycles. The number of hydrogen-bond donors (Lipinski definition) is 0. The first-order valence-electron chi connectivity index (χ1n) is 12.4. The number of hydrogen-bond acceptors (Lipinski definition) is 1. The third kappa shape index (κ3) is 6.54. The van der Waals surface area contributed by atoms with Crippen LogP contribution in [0.5, 0.6) is 0 Å². The van der Waals surface area contributed by atoms with E-state index >= 15 is 0 Å². The minimum atomic E-state index is -6.61. The Bertz CT molecular complexity index is 882. The van der Waals surface area contributed by atoms with Gasteiger partial charge in [0.05, 0.1) is 11.8 Å². The molecule has 0 atom stereocenters. The van der Waals surface area contributed by atoms with E-state index in [1.165, 1.54) is 0 Å². The van der Waals surface area contributed by atoms with Crippen LogP contribution >= 0.6 is 0 Å². The molecule has 252 valence electrons. The minimum absolute atomic E-state index is 1.28. The Morgan fingerprint density at radius 3 is 0.721 bits per heavy atom. The number of rotatable bonds is 6. The molecule has 0 heterocycles. The van der Waals surface area contributed by atoms with Gasteiger partial charge in [-0.2, -0.15) is 79.0 Å². The average molecular weight is 670 g/mol. The molecule has 0 N–H and O–H groups in total. The molecule has 0 aromatic rings. The van der Waals surface area contributed by atoms with Crippen LogP contribution in [0, 0.1) is 34.5 Å². The Labute approximate surface area is 232 Å². The summed E-state index contributed by atoms with van der Waals surface area (Å²) in [6.07, 6.45) is -47.5. The fourth-order valence-corrected chi connectivity index (χ4v) is 6.35. The van der Waals surface area contributed by atoms with Crippen LogP contribution in [0.3, 0.4) is 0 Å². The number of allylic oxidation sites excluding steroid dienone is 2. The standard InChI is InChI=1S/C24H24F18O/c1-11(17(21(31,32)33,22(34,35)36)13-3-7-15(8-4-13)19(25,26)27)43-12(2)18(23(37,38)39,24(40,41)42)14-5-9-16(10-6-14)20(28,29)30/h13-16H,1-10H2. The van der Waals surface area contributed by atoms with Gasteiger partial charge in [-0.3, -0.25) is 0 Å². The topological polar surface area (TPSA) is 9.23 Å². The summed E-state index contributed by atoms with van der Waals surface area (Å²) in [4.78, 5) is 0. The van der Waals surface area contributed by atoms with Crippen molar-refractivity contribution in [3.63, 3.8) is 0 Å². The first-order chi connectivity index (χ1) is 19.0. The maximum atomic E-state index is 14.3. The smallest absolute Gasteiger partial charge is 0.410 e. The van der Waals surface area contributed by atoms with Gasteiger partial charge in [0.1, 0.15) is 11.5 Å². The van der Waals surface area contributed by atoms with Crippen molar-refractivity contribution in [1.29, 1.82) is 0 Å². The Kier molecular flexibility index (Phi) is 9.89. The van der Waals surface area contributed by atoms with Gasteiger partial charge in [0.2, 0.25) is 10.8 Å². The molecule has 2 fully saturated rings. The van der Waals surface area contributed by atoms with Crippen molar-refractivity contribution in [3.05, 3.63) is 24.7 Å². The third-order valence-electron chi connectivity index (χ3n) is 8.52. The molecule has 2 rings (SSSR count). The molecular weight excluding hydrogens is 646 g/mol. The first kappa shape index (κ1) is 37.2. The molecule has 2 saturated carbocycles. The first-order valence-corrected chi connectivity index (χ1v) is 12.4. The zero-order valence-corrected chi connectivity index (χ0v) is 21.6. The Balaban J connectivity index is 2.64. The lowest BCUT2D eigenvalue weighted by molar-refractivity contribution is -0.366. The van der Waals surface area contributed by atoms with E-state index in [4.69, 9.17) is 0 Å². The molecule has 19 heteroatoms. The highest BCUT2D eigenvalue weighted by Gasteiger charge is 2.79. The number of halogens is 18. The zero-order valence-electron chi connectivity index (χ0n) is 21.6. The van der Waals surface area contributed by atoms with E-state index in [0.717, 1.165) is 0 Å². The van der Waals surface area contributed by atoms with Crippen LogP contribution < -0.4 is 0 Å². The average Bonchev–Trinajstić information content (AvgIpc) is 2.75. The summed E-state index contributed by atoms with van der Waals surface area (Å²) in [5.41, 5.74) is -10.9. The van der Waals surface area contributed by atoms with Crippen molar-refractivity contribution in [1.82, 2.24) is 0 Å². The molecule has 1 nitrogen and oxygen atoms in total. The molecule has 0 amide bonds. The Morgan fingerprint density at radius 1 is 0.372 bits per heavy atom. The number of ether oxygens (including phenoxy) is 1. The predicted octanol–water partition coefficient (Wildman–Crippen LogP) is 11.0. The second-order valence-corrected chi connectivity index (χ2v) is 10.7. The summed E-state index contributed by atoms with van der Waals surface area (Å²) in [5.74, 6) is -16.0. The van der Waals surface area contributed by atoms with Crippen LogP contribution in [-0.4, -0.2) is 37.1 Å². The van der Waals surface area contributed by atoms with Gasteiger partial charge in [-0.25, -0.2) is 0 Å². The van der Waals surface area contributed by atoms with Crippen molar-refractivity contribution in [2.75, 3.05) is 0 Å². The van der Waals surface area contributed by atoms with E-state index in [9.17, 15) is 79.0 Å². The summed E-state index contributed by atoms with van der Waals surface area (Å²) in [6, 6.07) is 0. The van der Waals surface area contributed by atoms with Gasteiger partial charge in [0, 0.05) is 0 Å². The fraction of sp³-hybridized carbons (Fsp3) is 0.833. The summed E-state index contributed by atoms with van der Waals surface area (Å²) < 4.78 is 254. The highest BCUT2D eigenvalue weighted by Crippen LogP contribution is 2.67. The van der Waals surface area contributed by atoms with Gasteiger partial charge in [-0.15, -0.1) is 0 Å². The monoisotopic (exact) mass is 670 g/mol. The summed E-state index contributed by atoms with van der Waals surface area (Å²) in [6.45, 7) is 4.76. The molecule has 43 heavy (non-hydrogen) atoms. The van der Waals surface area contributed by atoms with Crippen molar-refractivity contribution in [2.24, 2.45) is 34.5 Å². The van der Waals surface area contributed by atoms with E-state index < -0.39 is 134 Å². The SMILES string of the molecule is C=C(OC(=C)C(C1CCC(C(F)(F)F)CC1)(C(F)(F)F)C(F)(F)F)C(C1CCC(C(F)(F)F)CC1)(C(F)(F)F)C(F)(F)F. The van der Waals surface area contributed by atoms with Crippen LogP contribution in [0.4, 0.5) is 79.0 Å². The van der Waals surface area contributed by atoms with Crippen LogP contribution in [0.25, 0.3) is 0 Å². The largest absolute Gasteiger partial charge is 0.465 e. The van der Waals surface area contributed by atoms with Gasteiger partial charge in [-0.05, 0) is 63.2 Å². The predicted molar refractivity (Wildman–Crippen MR) is 111 cm³/mol. The normalized spacial score (nSPS) is 25.8.